The van der Waals surface area contributed by atoms with E-state index in [0.29, 0.717) is 6.67 Å². The van der Waals surface area contributed by atoms with Crippen molar-refractivity contribution in [2.75, 3.05) is 116 Å². The number of rotatable bonds is 15. The maximum absolute atomic E-state index is 5.24. The second-order valence-electron chi connectivity index (χ2n) is 15.2. The maximum atomic E-state index is 5.24. The van der Waals surface area contributed by atoms with Crippen LogP contribution in [-0.2, 0) is 0 Å². The molecule has 3 aliphatic rings. The molecule has 0 atom stereocenters. The fourth-order valence-electron chi connectivity index (χ4n) is 7.48. The van der Waals surface area contributed by atoms with Crippen LogP contribution in [0.4, 0.5) is 17.2 Å². The van der Waals surface area contributed by atoms with E-state index in [9.17, 15) is 0 Å². The van der Waals surface area contributed by atoms with Crippen molar-refractivity contribution in [3.8, 4) is 22.6 Å². The Labute approximate surface area is 322 Å². The van der Waals surface area contributed by atoms with Crippen molar-refractivity contribution >= 4 is 29.6 Å². The number of aliphatic imine (C=N–C) groups is 2. The van der Waals surface area contributed by atoms with Crippen LogP contribution in [-0.4, -0.2) is 148 Å². The summed E-state index contributed by atoms with van der Waals surface area (Å²) in [6, 6.07) is 27.7. The highest BCUT2D eigenvalue weighted by Crippen LogP contribution is 2.44. The molecule has 0 unspecified atom stereocenters. The quantitative estimate of drug-likeness (QED) is 0.105. The minimum Gasteiger partial charge on any atom is -0.352 e. The molecule has 1 aromatic heterocycles. The third-order valence-corrected chi connectivity index (χ3v) is 11.0. The molecular weight excluding hydrogens is 669 g/mol. The second-order valence-corrected chi connectivity index (χ2v) is 15.2. The highest BCUT2D eigenvalue weighted by molar-refractivity contribution is 5.92. The molecule has 3 aliphatic heterocycles. The summed E-state index contributed by atoms with van der Waals surface area (Å²) in [6.07, 6.45) is 8.64. The predicted octanol–water partition coefficient (Wildman–Crippen LogP) is 6.25. The van der Waals surface area contributed by atoms with Gasteiger partial charge in [0.2, 0.25) is 0 Å². The smallest absolute Gasteiger partial charge is 0.163 e. The molecular formula is C44H58N10. The van der Waals surface area contributed by atoms with E-state index in [2.05, 4.69) is 129 Å². The molecule has 0 radical (unpaired) electrons. The standard InChI is InChI=1S/C44H58N10/c1-49-25-29-52(30-26-49)23-9-7-21-45-33-36-13-17-38(18-14-36)41-42-44(54(35-51(42)3)40-11-5-4-6-12-40)48-43(47-41)39-19-15-37(16-20-39)34-46-22-8-10-24-53-31-27-50(2)28-32-53/h4-6,11-20,33-34H,7-10,21-32,35H2,1-3H3/b45-33-,46-34+. The number of hydrogen-bond acceptors (Lipinski definition) is 10. The highest BCUT2D eigenvalue weighted by atomic mass is 15.4. The molecule has 0 amide bonds. The lowest BCUT2D eigenvalue weighted by atomic mass is 10.1. The lowest BCUT2D eigenvalue weighted by Gasteiger charge is -2.32. The normalized spacial score (nSPS) is 17.7. The Morgan fingerprint density at radius 3 is 1.63 bits per heavy atom. The van der Waals surface area contributed by atoms with Gasteiger partial charge in [0.05, 0.1) is 12.4 Å². The molecule has 0 N–H and O–H groups in total. The lowest BCUT2D eigenvalue weighted by Crippen LogP contribution is -2.44. The average molecular weight is 727 g/mol. The van der Waals surface area contributed by atoms with E-state index < -0.39 is 0 Å². The summed E-state index contributed by atoms with van der Waals surface area (Å²) in [5.74, 6) is 1.64. The molecule has 0 aliphatic carbocycles. The number of unbranched alkanes of at least 4 members (excludes halogenated alkanes) is 2. The molecule has 54 heavy (non-hydrogen) atoms. The van der Waals surface area contributed by atoms with Gasteiger partial charge in [0.25, 0.3) is 0 Å². The zero-order valence-corrected chi connectivity index (χ0v) is 32.7. The monoisotopic (exact) mass is 726 g/mol. The van der Waals surface area contributed by atoms with Crippen LogP contribution < -0.4 is 9.80 Å². The van der Waals surface area contributed by atoms with Gasteiger partial charge in [-0.3, -0.25) is 9.98 Å². The van der Waals surface area contributed by atoms with Gasteiger partial charge in [0.1, 0.15) is 5.69 Å². The molecule has 284 valence electrons. The van der Waals surface area contributed by atoms with Crippen LogP contribution in [0.3, 0.4) is 0 Å². The molecule has 0 saturated carbocycles. The highest BCUT2D eigenvalue weighted by Gasteiger charge is 2.31. The first-order chi connectivity index (χ1) is 26.5. The number of nitrogens with zero attached hydrogens (tertiary/aromatic N) is 10. The van der Waals surface area contributed by atoms with Gasteiger partial charge in [0, 0.05) is 102 Å². The number of benzene rings is 3. The van der Waals surface area contributed by atoms with Crippen LogP contribution in [0.1, 0.15) is 36.8 Å². The fourth-order valence-corrected chi connectivity index (χ4v) is 7.48. The van der Waals surface area contributed by atoms with Gasteiger partial charge in [-0.15, -0.1) is 0 Å². The molecule has 4 aromatic rings. The van der Waals surface area contributed by atoms with E-state index in [0.717, 1.165) is 76.9 Å². The molecule has 3 aromatic carbocycles. The van der Waals surface area contributed by atoms with Crippen molar-refractivity contribution in [2.45, 2.75) is 25.7 Å². The minimum atomic E-state index is 0.703. The number of hydrogen-bond donors (Lipinski definition) is 0. The average Bonchev–Trinajstić information content (AvgIpc) is 3.55. The molecule has 7 rings (SSSR count). The Hall–Kier alpha value is -4.48. The lowest BCUT2D eigenvalue weighted by molar-refractivity contribution is 0.152. The van der Waals surface area contributed by atoms with Crippen molar-refractivity contribution in [1.82, 2.24) is 29.6 Å². The van der Waals surface area contributed by atoms with Crippen molar-refractivity contribution in [3.63, 3.8) is 0 Å². The Morgan fingerprint density at radius 2 is 1.09 bits per heavy atom. The molecule has 0 bridgehead atoms. The van der Waals surface area contributed by atoms with E-state index in [1.54, 1.807) is 0 Å². The Bertz CT molecular complexity index is 1810. The van der Waals surface area contributed by atoms with Crippen LogP contribution in [0.15, 0.2) is 88.8 Å². The number of anilines is 3. The Morgan fingerprint density at radius 1 is 0.574 bits per heavy atom. The number of aromatic nitrogens is 2. The minimum absolute atomic E-state index is 0.703. The summed E-state index contributed by atoms with van der Waals surface area (Å²) >= 11 is 0. The summed E-state index contributed by atoms with van der Waals surface area (Å²) in [5.41, 5.74) is 7.35. The van der Waals surface area contributed by atoms with Gasteiger partial charge in [-0.25, -0.2) is 9.97 Å². The number of likely N-dealkylation sites (N-methyl/N-ethyl adjacent to an activating group) is 2. The first kappa shape index (κ1) is 37.8. The van der Waals surface area contributed by atoms with Crippen LogP contribution in [0.25, 0.3) is 22.6 Å². The Balaban J connectivity index is 1.02. The number of piperazine rings is 2. The molecule has 2 saturated heterocycles. The van der Waals surface area contributed by atoms with Gasteiger partial charge in [-0.1, -0.05) is 66.7 Å². The van der Waals surface area contributed by atoms with E-state index in [-0.39, 0.29) is 0 Å². The van der Waals surface area contributed by atoms with Crippen molar-refractivity contribution in [2.24, 2.45) is 9.98 Å². The van der Waals surface area contributed by atoms with E-state index >= 15 is 0 Å². The largest absolute Gasteiger partial charge is 0.352 e. The number of para-hydroxylation sites is 1. The van der Waals surface area contributed by atoms with Crippen LogP contribution in [0, 0.1) is 0 Å². The SMILES string of the molecule is CN1CCN(CCCC/N=C\c2ccc(-c3nc(-c4ccc(/C=N/CCCCN5CCN(C)CC5)cc4)nc4c3N(C)CN4c3ccccc3)cc2)CC1. The zero-order chi connectivity index (χ0) is 37.1. The first-order valence-corrected chi connectivity index (χ1v) is 20.0. The summed E-state index contributed by atoms with van der Waals surface area (Å²) in [5, 5.41) is 0. The van der Waals surface area contributed by atoms with Crippen molar-refractivity contribution in [1.29, 1.82) is 0 Å². The summed E-state index contributed by atoms with van der Waals surface area (Å²) in [7, 11) is 6.55. The van der Waals surface area contributed by atoms with Gasteiger partial charge >= 0.3 is 0 Å². The van der Waals surface area contributed by atoms with Gasteiger partial charge in [-0.2, -0.15) is 0 Å². The zero-order valence-electron chi connectivity index (χ0n) is 32.7. The molecule has 10 nitrogen and oxygen atoms in total. The molecule has 0 spiro atoms. The third kappa shape index (κ3) is 9.98. The molecule has 10 heteroatoms. The third-order valence-electron chi connectivity index (χ3n) is 11.0. The molecule has 2 fully saturated rings. The van der Waals surface area contributed by atoms with Gasteiger partial charge < -0.3 is 29.4 Å². The second kappa shape index (κ2) is 18.7. The van der Waals surface area contributed by atoms with E-state index in [1.165, 1.54) is 78.3 Å². The van der Waals surface area contributed by atoms with Gasteiger partial charge in [0.15, 0.2) is 11.6 Å². The summed E-state index contributed by atoms with van der Waals surface area (Å²) in [4.78, 5) is 34.5. The first-order valence-electron chi connectivity index (χ1n) is 20.0. The topological polar surface area (TPSA) is 69.9 Å². The summed E-state index contributed by atoms with van der Waals surface area (Å²) < 4.78 is 0. The van der Waals surface area contributed by atoms with Gasteiger partial charge in [-0.05, 0) is 76.1 Å². The van der Waals surface area contributed by atoms with Crippen LogP contribution in [0.2, 0.25) is 0 Å². The van der Waals surface area contributed by atoms with Crippen molar-refractivity contribution < 1.29 is 0 Å². The Kier molecular flexibility index (Phi) is 13.1. The fraction of sp³-hybridized carbons (Fsp3) is 0.455. The predicted molar refractivity (Wildman–Crippen MR) is 226 cm³/mol. The van der Waals surface area contributed by atoms with E-state index in [1.807, 2.05) is 12.4 Å². The van der Waals surface area contributed by atoms with Crippen molar-refractivity contribution in [3.05, 3.63) is 90.0 Å². The van der Waals surface area contributed by atoms with Crippen LogP contribution >= 0.6 is 0 Å². The number of fused-ring (bicyclic) bond motifs is 1. The maximum Gasteiger partial charge on any atom is 0.163 e. The molecule has 4 heterocycles. The van der Waals surface area contributed by atoms with Crippen LogP contribution in [0.5, 0.6) is 0 Å². The van der Waals surface area contributed by atoms with E-state index in [4.69, 9.17) is 20.0 Å². The summed E-state index contributed by atoms with van der Waals surface area (Å²) in [6.45, 7) is 14.2.